The number of hydrogen-bond donors (Lipinski definition) is 1. The largest absolute Gasteiger partial charge is 0.464 e. The lowest BCUT2D eigenvalue weighted by atomic mass is 10.2. The van der Waals surface area contributed by atoms with Crippen LogP contribution in [0.1, 0.15) is 12.8 Å². The minimum Gasteiger partial charge on any atom is -0.464 e. The lowest BCUT2D eigenvalue weighted by Crippen LogP contribution is -2.32. The molecule has 0 radical (unpaired) electrons. The molecule has 0 heterocycles. The van der Waals surface area contributed by atoms with Crippen LogP contribution in [0.4, 0.5) is 0 Å². The van der Waals surface area contributed by atoms with Crippen LogP contribution in [0.15, 0.2) is 0 Å². The molecule has 1 unspecified atom stereocenters. The minimum absolute atomic E-state index is 0.198. The third kappa shape index (κ3) is 8.24. The van der Waals surface area contributed by atoms with Gasteiger partial charge >= 0.3 is 5.97 Å². The molecule has 5 nitrogen and oxygen atoms in total. The lowest BCUT2D eigenvalue weighted by molar-refractivity contribution is -0.145. The highest BCUT2D eigenvalue weighted by atomic mass is 16.5. The first-order chi connectivity index (χ1) is 7.72. The molecule has 0 aliphatic heterocycles. The zero-order chi connectivity index (χ0) is 12.2. The number of terminal acetylenes is 1. The van der Waals surface area contributed by atoms with E-state index in [-0.39, 0.29) is 6.42 Å². The van der Waals surface area contributed by atoms with Crippen molar-refractivity contribution in [2.24, 2.45) is 5.73 Å². The van der Waals surface area contributed by atoms with Crippen molar-refractivity contribution < 1.29 is 19.0 Å². The second-order valence-corrected chi connectivity index (χ2v) is 3.14. The smallest absolute Gasteiger partial charge is 0.323 e. The van der Waals surface area contributed by atoms with Crippen molar-refractivity contribution in [2.45, 2.75) is 18.9 Å². The van der Waals surface area contributed by atoms with Gasteiger partial charge < -0.3 is 19.9 Å². The fourth-order valence-corrected chi connectivity index (χ4v) is 0.895. The summed E-state index contributed by atoms with van der Waals surface area (Å²) in [5, 5.41) is 0. The van der Waals surface area contributed by atoms with Crippen LogP contribution in [0.25, 0.3) is 0 Å². The number of nitrogens with two attached hydrogens (primary N) is 1. The van der Waals surface area contributed by atoms with Crippen molar-refractivity contribution in [1.82, 2.24) is 0 Å². The molecule has 0 spiro atoms. The van der Waals surface area contributed by atoms with Crippen LogP contribution in [-0.4, -0.2) is 45.5 Å². The van der Waals surface area contributed by atoms with Gasteiger partial charge in [0.1, 0.15) is 6.04 Å². The van der Waals surface area contributed by atoms with Crippen LogP contribution in [0.5, 0.6) is 0 Å². The fraction of sp³-hybridized carbons (Fsp3) is 0.727. The standard InChI is InChI=1S/C11H19NO4/c1-3-5-10(12)11(13)16-7-4-6-15-9-8-14-2/h1,10H,4-9,12H2,2H3. The van der Waals surface area contributed by atoms with Gasteiger partial charge in [-0.3, -0.25) is 4.79 Å². The highest BCUT2D eigenvalue weighted by molar-refractivity contribution is 5.75. The van der Waals surface area contributed by atoms with Gasteiger partial charge in [-0.1, -0.05) is 0 Å². The molecule has 0 aromatic heterocycles. The van der Waals surface area contributed by atoms with E-state index in [1.807, 2.05) is 0 Å². The number of esters is 1. The molecule has 1 atom stereocenters. The molecular weight excluding hydrogens is 210 g/mol. The number of hydrogen-bond acceptors (Lipinski definition) is 5. The van der Waals surface area contributed by atoms with Crippen molar-refractivity contribution in [3.63, 3.8) is 0 Å². The van der Waals surface area contributed by atoms with Gasteiger partial charge in [-0.15, -0.1) is 12.3 Å². The molecule has 0 rings (SSSR count). The second kappa shape index (κ2) is 10.4. The van der Waals surface area contributed by atoms with Gasteiger partial charge in [-0.25, -0.2) is 0 Å². The normalized spacial score (nSPS) is 11.8. The Hall–Kier alpha value is -1.09. The molecule has 0 aromatic rings. The molecule has 0 bridgehead atoms. The molecule has 92 valence electrons. The van der Waals surface area contributed by atoms with Gasteiger partial charge in [0.15, 0.2) is 0 Å². The highest BCUT2D eigenvalue weighted by Crippen LogP contribution is 1.93. The summed E-state index contributed by atoms with van der Waals surface area (Å²) in [7, 11) is 1.61. The van der Waals surface area contributed by atoms with E-state index in [4.69, 9.17) is 26.4 Å². The second-order valence-electron chi connectivity index (χ2n) is 3.14. The number of rotatable bonds is 9. The van der Waals surface area contributed by atoms with E-state index in [0.29, 0.717) is 32.8 Å². The van der Waals surface area contributed by atoms with Crippen LogP contribution in [-0.2, 0) is 19.0 Å². The van der Waals surface area contributed by atoms with Crippen LogP contribution < -0.4 is 5.73 Å². The van der Waals surface area contributed by atoms with Crippen molar-refractivity contribution in [1.29, 1.82) is 0 Å². The Kier molecular flexibility index (Phi) is 9.72. The van der Waals surface area contributed by atoms with Crippen LogP contribution in [0.3, 0.4) is 0 Å². The van der Waals surface area contributed by atoms with Crippen molar-refractivity contribution >= 4 is 5.97 Å². The zero-order valence-corrected chi connectivity index (χ0v) is 9.61. The lowest BCUT2D eigenvalue weighted by Gasteiger charge is -2.08. The molecule has 5 heteroatoms. The molecular formula is C11H19NO4. The van der Waals surface area contributed by atoms with Gasteiger partial charge in [-0.05, 0) is 0 Å². The van der Waals surface area contributed by atoms with Gasteiger partial charge in [0, 0.05) is 26.6 Å². The molecule has 2 N–H and O–H groups in total. The first-order valence-electron chi connectivity index (χ1n) is 5.14. The van der Waals surface area contributed by atoms with Crippen molar-refractivity contribution in [2.75, 3.05) is 33.5 Å². The van der Waals surface area contributed by atoms with E-state index in [2.05, 4.69) is 5.92 Å². The van der Waals surface area contributed by atoms with Crippen LogP contribution in [0.2, 0.25) is 0 Å². The predicted octanol–water partition coefficient (Wildman–Crippen LogP) is -0.0667. The maximum Gasteiger partial charge on any atom is 0.323 e. The summed E-state index contributed by atoms with van der Waals surface area (Å²) in [6, 6.07) is -0.723. The SMILES string of the molecule is C#CCC(N)C(=O)OCCCOCCOC. The number of carbonyl (C=O) groups is 1. The maximum atomic E-state index is 11.2. The maximum absolute atomic E-state index is 11.2. The Balaban J connectivity index is 3.31. The van der Waals surface area contributed by atoms with Crippen LogP contribution >= 0.6 is 0 Å². The van der Waals surface area contributed by atoms with Crippen molar-refractivity contribution in [3.8, 4) is 12.3 Å². The van der Waals surface area contributed by atoms with E-state index >= 15 is 0 Å². The topological polar surface area (TPSA) is 70.8 Å². The molecule has 0 aliphatic rings. The molecule has 16 heavy (non-hydrogen) atoms. The quantitative estimate of drug-likeness (QED) is 0.340. The average molecular weight is 229 g/mol. The minimum atomic E-state index is -0.723. The Morgan fingerprint density at radius 2 is 2.12 bits per heavy atom. The van der Waals surface area contributed by atoms with E-state index in [1.165, 1.54) is 0 Å². The predicted molar refractivity (Wildman–Crippen MR) is 59.7 cm³/mol. The summed E-state index contributed by atoms with van der Waals surface area (Å²) in [6.45, 7) is 1.93. The first kappa shape index (κ1) is 14.9. The highest BCUT2D eigenvalue weighted by Gasteiger charge is 2.12. The Labute approximate surface area is 96.2 Å². The zero-order valence-electron chi connectivity index (χ0n) is 9.61. The van der Waals surface area contributed by atoms with Crippen molar-refractivity contribution in [3.05, 3.63) is 0 Å². The summed E-state index contributed by atoms with van der Waals surface area (Å²) in [6.07, 6.45) is 5.86. The third-order valence-corrected chi connectivity index (χ3v) is 1.75. The number of carbonyl (C=O) groups excluding carboxylic acids is 1. The van der Waals surface area contributed by atoms with Gasteiger partial charge in [-0.2, -0.15) is 0 Å². The summed E-state index contributed by atoms with van der Waals surface area (Å²) in [4.78, 5) is 11.2. The molecule has 0 saturated heterocycles. The fourth-order valence-electron chi connectivity index (χ4n) is 0.895. The number of ether oxygens (including phenoxy) is 3. The average Bonchev–Trinajstić information content (AvgIpc) is 2.28. The number of methoxy groups -OCH3 is 1. The monoisotopic (exact) mass is 229 g/mol. The van der Waals surface area contributed by atoms with E-state index < -0.39 is 12.0 Å². The van der Waals surface area contributed by atoms with E-state index in [9.17, 15) is 4.79 Å². The molecule has 0 saturated carbocycles. The molecule has 0 aromatic carbocycles. The summed E-state index contributed by atoms with van der Waals surface area (Å²) < 4.78 is 14.9. The summed E-state index contributed by atoms with van der Waals surface area (Å²) in [5.74, 6) is 1.85. The molecule has 0 fully saturated rings. The Morgan fingerprint density at radius 1 is 1.38 bits per heavy atom. The Bertz CT molecular complexity index is 225. The van der Waals surface area contributed by atoms with Crippen LogP contribution in [0, 0.1) is 12.3 Å². The van der Waals surface area contributed by atoms with E-state index in [0.717, 1.165) is 0 Å². The first-order valence-corrected chi connectivity index (χ1v) is 5.14. The van der Waals surface area contributed by atoms with Gasteiger partial charge in [0.2, 0.25) is 0 Å². The summed E-state index contributed by atoms with van der Waals surface area (Å²) >= 11 is 0. The van der Waals surface area contributed by atoms with Gasteiger partial charge in [0.05, 0.1) is 19.8 Å². The molecule has 0 amide bonds. The summed E-state index contributed by atoms with van der Waals surface area (Å²) in [5.41, 5.74) is 5.44. The van der Waals surface area contributed by atoms with E-state index in [1.54, 1.807) is 7.11 Å². The molecule has 0 aliphatic carbocycles. The Morgan fingerprint density at radius 3 is 2.75 bits per heavy atom. The third-order valence-electron chi connectivity index (χ3n) is 1.75. The van der Waals surface area contributed by atoms with Gasteiger partial charge in [0.25, 0.3) is 0 Å².